The van der Waals surface area contributed by atoms with E-state index in [1.807, 2.05) is 18.2 Å². The fourth-order valence-electron chi connectivity index (χ4n) is 5.22. The Hall–Kier alpha value is -1.72. The van der Waals surface area contributed by atoms with Crippen molar-refractivity contribution in [3.63, 3.8) is 0 Å². The van der Waals surface area contributed by atoms with Crippen LogP contribution >= 0.6 is 0 Å². The number of methoxy groups -OCH3 is 1. The van der Waals surface area contributed by atoms with Crippen molar-refractivity contribution in [2.75, 3.05) is 13.7 Å². The minimum Gasteiger partial charge on any atom is -0.493 e. The third kappa shape index (κ3) is 6.20. The van der Waals surface area contributed by atoms with E-state index in [1.54, 1.807) is 7.11 Å². The number of benzene rings is 2. The Morgan fingerprint density at radius 1 is 0.844 bits per heavy atom. The molecular formula is C27H43BO3Si. The molecule has 5 heteroatoms. The van der Waals surface area contributed by atoms with Gasteiger partial charge in [0.15, 0.2) is 26.5 Å². The Morgan fingerprint density at radius 3 is 1.94 bits per heavy atom. The molecule has 0 fully saturated rings. The summed E-state index contributed by atoms with van der Waals surface area (Å²) in [5.41, 5.74) is 5.52. The standard InChI is InChI=1S/C27H43BO3Si/c1-20(2)32(21(3)4,22(5)6)31-16-15-24-17-27(26(29-9)18-25(24)28(7)8)30-19-23-13-11-10-12-14-23/h10-14,17-18,20-22H,15-16,19H2,1-9H3. The molecule has 176 valence electrons. The fraction of sp³-hybridized carbons (Fsp3) is 0.556. The van der Waals surface area contributed by atoms with Gasteiger partial charge >= 0.3 is 0 Å². The molecule has 0 amide bonds. The smallest absolute Gasteiger partial charge is 0.200 e. The summed E-state index contributed by atoms with van der Waals surface area (Å²) < 4.78 is 18.7. The third-order valence-corrected chi connectivity index (χ3v) is 12.8. The second-order valence-corrected chi connectivity index (χ2v) is 15.5. The molecule has 2 aromatic carbocycles. The first-order chi connectivity index (χ1) is 15.1. The van der Waals surface area contributed by atoms with Crippen molar-refractivity contribution in [3.05, 3.63) is 53.6 Å². The molecule has 0 aliphatic heterocycles. The lowest BCUT2D eigenvalue weighted by Crippen LogP contribution is -2.48. The number of ether oxygens (including phenoxy) is 2. The predicted molar refractivity (Wildman–Crippen MR) is 142 cm³/mol. The van der Waals surface area contributed by atoms with Crippen LogP contribution in [0.4, 0.5) is 0 Å². The van der Waals surface area contributed by atoms with E-state index in [-0.39, 0.29) is 0 Å². The normalized spacial score (nSPS) is 12.0. The zero-order chi connectivity index (χ0) is 23.9. The number of rotatable bonds is 12. The fourth-order valence-corrected chi connectivity index (χ4v) is 10.7. The van der Waals surface area contributed by atoms with Gasteiger partial charge in [0.2, 0.25) is 0 Å². The zero-order valence-corrected chi connectivity index (χ0v) is 22.7. The molecule has 0 saturated heterocycles. The highest BCUT2D eigenvalue weighted by Gasteiger charge is 2.44. The van der Waals surface area contributed by atoms with Crippen LogP contribution in [-0.4, -0.2) is 28.7 Å². The van der Waals surface area contributed by atoms with E-state index in [0.717, 1.165) is 30.1 Å². The van der Waals surface area contributed by atoms with Crippen LogP contribution < -0.4 is 14.9 Å². The summed E-state index contributed by atoms with van der Waals surface area (Å²) in [5, 5.41) is 0. The Labute approximate surface area is 198 Å². The Bertz CT molecular complexity index is 813. The summed E-state index contributed by atoms with van der Waals surface area (Å²) in [6, 6.07) is 14.6. The molecule has 0 bridgehead atoms. The van der Waals surface area contributed by atoms with Gasteiger partial charge in [0.1, 0.15) is 6.61 Å². The molecule has 0 aromatic heterocycles. The molecule has 0 atom stereocenters. The average Bonchev–Trinajstić information content (AvgIpc) is 2.74. The van der Waals surface area contributed by atoms with Crippen LogP contribution in [0.1, 0.15) is 52.7 Å². The highest BCUT2D eigenvalue weighted by atomic mass is 28.4. The maximum Gasteiger partial charge on any atom is 0.200 e. The van der Waals surface area contributed by atoms with Crippen molar-refractivity contribution in [2.24, 2.45) is 0 Å². The lowest BCUT2D eigenvalue weighted by atomic mass is 9.48. The van der Waals surface area contributed by atoms with Gasteiger partial charge in [-0.1, -0.05) is 91.0 Å². The van der Waals surface area contributed by atoms with Gasteiger partial charge < -0.3 is 13.9 Å². The monoisotopic (exact) mass is 454 g/mol. The molecule has 32 heavy (non-hydrogen) atoms. The van der Waals surface area contributed by atoms with Gasteiger partial charge in [-0.05, 0) is 46.3 Å². The van der Waals surface area contributed by atoms with Crippen molar-refractivity contribution in [3.8, 4) is 11.5 Å². The minimum absolute atomic E-state index is 0.407. The first kappa shape index (κ1) is 26.5. The third-order valence-electron chi connectivity index (χ3n) is 6.72. The highest BCUT2D eigenvalue weighted by molar-refractivity contribution is 6.77. The largest absolute Gasteiger partial charge is 0.493 e. The van der Waals surface area contributed by atoms with Crippen LogP contribution in [0.15, 0.2) is 42.5 Å². The van der Waals surface area contributed by atoms with Crippen LogP contribution in [0.5, 0.6) is 11.5 Å². The van der Waals surface area contributed by atoms with Gasteiger partial charge in [-0.3, -0.25) is 0 Å². The van der Waals surface area contributed by atoms with Crippen molar-refractivity contribution in [1.29, 1.82) is 0 Å². The van der Waals surface area contributed by atoms with Crippen molar-refractivity contribution >= 4 is 20.5 Å². The Balaban J connectivity index is 2.26. The van der Waals surface area contributed by atoms with E-state index < -0.39 is 8.32 Å². The maximum absolute atomic E-state index is 6.85. The molecule has 0 aliphatic rings. The van der Waals surface area contributed by atoms with Gasteiger partial charge in [0, 0.05) is 6.61 Å². The van der Waals surface area contributed by atoms with Gasteiger partial charge in [-0.2, -0.15) is 0 Å². The Morgan fingerprint density at radius 2 is 1.44 bits per heavy atom. The first-order valence-electron chi connectivity index (χ1n) is 12.1. The average molecular weight is 455 g/mol. The van der Waals surface area contributed by atoms with Gasteiger partial charge in [0.05, 0.1) is 7.11 Å². The molecule has 0 saturated carbocycles. The van der Waals surface area contributed by atoms with E-state index in [2.05, 4.69) is 79.5 Å². The topological polar surface area (TPSA) is 27.7 Å². The molecule has 3 nitrogen and oxygen atoms in total. The summed E-state index contributed by atoms with van der Waals surface area (Å²) in [5.74, 6) is 1.60. The maximum atomic E-state index is 6.85. The summed E-state index contributed by atoms with van der Waals surface area (Å²) >= 11 is 0. The number of hydrogen-bond donors (Lipinski definition) is 0. The lowest BCUT2D eigenvalue weighted by molar-refractivity contribution is 0.277. The SMILES string of the molecule is COc1cc(B(C)C)c(CCO[Si](C(C)C)(C(C)C)C(C)C)cc1OCc1ccccc1. The molecular weight excluding hydrogens is 411 g/mol. The van der Waals surface area contributed by atoms with E-state index >= 15 is 0 Å². The molecule has 0 unspecified atom stereocenters. The van der Waals surface area contributed by atoms with E-state index in [1.165, 1.54) is 11.0 Å². The van der Waals surface area contributed by atoms with Crippen molar-refractivity contribution in [2.45, 2.75) is 84.8 Å². The summed E-state index contributed by atoms with van der Waals surface area (Å²) in [6.45, 7) is 20.2. The van der Waals surface area contributed by atoms with Gasteiger partial charge in [-0.15, -0.1) is 0 Å². The summed E-state index contributed by atoms with van der Waals surface area (Å²) in [6.07, 6.45) is 0.889. The highest BCUT2D eigenvalue weighted by Crippen LogP contribution is 2.42. The lowest BCUT2D eigenvalue weighted by Gasteiger charge is -2.42. The molecule has 0 spiro atoms. The second kappa shape index (κ2) is 11.9. The van der Waals surface area contributed by atoms with Crippen molar-refractivity contribution < 1.29 is 13.9 Å². The molecule has 0 radical (unpaired) electrons. The summed E-state index contributed by atoms with van der Waals surface area (Å²) in [7, 11) is -0.159. The first-order valence-corrected chi connectivity index (χ1v) is 14.3. The van der Waals surface area contributed by atoms with Crippen LogP contribution in [0, 0.1) is 0 Å². The van der Waals surface area contributed by atoms with Crippen LogP contribution in [-0.2, 0) is 17.5 Å². The van der Waals surface area contributed by atoms with Gasteiger partial charge in [0.25, 0.3) is 0 Å². The van der Waals surface area contributed by atoms with Crippen LogP contribution in [0.25, 0.3) is 0 Å². The van der Waals surface area contributed by atoms with Gasteiger partial charge in [-0.25, -0.2) is 0 Å². The zero-order valence-electron chi connectivity index (χ0n) is 21.7. The second-order valence-electron chi connectivity index (χ2n) is 10.0. The minimum atomic E-state index is -1.87. The van der Waals surface area contributed by atoms with E-state index in [9.17, 15) is 0 Å². The molecule has 0 aliphatic carbocycles. The predicted octanol–water partition coefficient (Wildman–Crippen LogP) is 6.97. The molecule has 0 heterocycles. The Kier molecular flexibility index (Phi) is 9.90. The summed E-state index contributed by atoms with van der Waals surface area (Å²) in [4.78, 5) is 0. The molecule has 2 aromatic rings. The van der Waals surface area contributed by atoms with Crippen LogP contribution in [0.3, 0.4) is 0 Å². The molecule has 0 N–H and O–H groups in total. The number of hydrogen-bond acceptors (Lipinski definition) is 3. The van der Waals surface area contributed by atoms with E-state index in [4.69, 9.17) is 13.9 Å². The van der Waals surface area contributed by atoms with Crippen molar-refractivity contribution in [1.82, 2.24) is 0 Å². The quantitative estimate of drug-likeness (QED) is 0.324. The molecule has 2 rings (SSSR count). The van der Waals surface area contributed by atoms with E-state index in [0.29, 0.717) is 29.9 Å². The van der Waals surface area contributed by atoms with Crippen LogP contribution in [0.2, 0.25) is 30.3 Å².